The predicted molar refractivity (Wildman–Crippen MR) is 52.0 cm³/mol. The third-order valence-corrected chi connectivity index (χ3v) is 1.86. The minimum atomic E-state index is 0.0111. The van der Waals surface area contributed by atoms with Gasteiger partial charge in [-0.05, 0) is 6.07 Å². The van der Waals surface area contributed by atoms with Gasteiger partial charge < -0.3 is 9.47 Å². The van der Waals surface area contributed by atoms with Crippen LogP contribution in [0.1, 0.15) is 23.7 Å². The Morgan fingerprint density at radius 1 is 1.36 bits per heavy atom. The van der Waals surface area contributed by atoms with E-state index >= 15 is 0 Å². The maximum absolute atomic E-state index is 11.4. The lowest BCUT2D eigenvalue weighted by Crippen LogP contribution is -2.03. The van der Waals surface area contributed by atoms with Gasteiger partial charge in [-0.15, -0.1) is 0 Å². The van der Waals surface area contributed by atoms with E-state index in [9.17, 15) is 4.79 Å². The van der Waals surface area contributed by atoms with Crippen LogP contribution >= 0.6 is 0 Å². The quantitative estimate of drug-likeness (QED) is 0.686. The van der Waals surface area contributed by atoms with Crippen molar-refractivity contribution in [3.8, 4) is 11.8 Å². The molecule has 0 radical (unpaired) electrons. The summed E-state index contributed by atoms with van der Waals surface area (Å²) in [5.74, 6) is 0.766. The van der Waals surface area contributed by atoms with Crippen molar-refractivity contribution in [2.45, 2.75) is 13.3 Å². The van der Waals surface area contributed by atoms with Crippen molar-refractivity contribution in [1.29, 1.82) is 0 Å². The van der Waals surface area contributed by atoms with Crippen LogP contribution in [0.25, 0.3) is 0 Å². The maximum atomic E-state index is 11.4. The number of rotatable bonds is 4. The molecular weight excluding hydrogens is 182 g/mol. The molecule has 0 fully saturated rings. The number of nitrogens with zero attached hydrogens (tertiary/aromatic N) is 1. The Morgan fingerprint density at radius 3 is 2.57 bits per heavy atom. The van der Waals surface area contributed by atoms with Crippen LogP contribution in [-0.2, 0) is 0 Å². The lowest BCUT2D eigenvalue weighted by Gasteiger charge is -2.06. The molecule has 14 heavy (non-hydrogen) atoms. The summed E-state index contributed by atoms with van der Waals surface area (Å²) < 4.78 is 9.92. The van der Waals surface area contributed by atoms with Gasteiger partial charge in [0.15, 0.2) is 5.78 Å². The van der Waals surface area contributed by atoms with Crippen LogP contribution in [0, 0.1) is 0 Å². The second-order valence-electron chi connectivity index (χ2n) is 2.69. The first-order valence-electron chi connectivity index (χ1n) is 4.35. The summed E-state index contributed by atoms with van der Waals surface area (Å²) in [6.45, 7) is 1.80. The highest BCUT2D eigenvalue weighted by Crippen LogP contribution is 2.20. The van der Waals surface area contributed by atoms with Crippen molar-refractivity contribution in [3.63, 3.8) is 0 Å². The van der Waals surface area contributed by atoms with Gasteiger partial charge in [0.25, 0.3) is 0 Å². The number of hydrogen-bond donors (Lipinski definition) is 0. The SMILES string of the molecule is CCC(=O)c1ccc(OC)nc1OC. The third-order valence-electron chi connectivity index (χ3n) is 1.86. The van der Waals surface area contributed by atoms with Gasteiger partial charge >= 0.3 is 0 Å². The van der Waals surface area contributed by atoms with Crippen molar-refractivity contribution < 1.29 is 14.3 Å². The second-order valence-corrected chi connectivity index (χ2v) is 2.69. The Bertz CT molecular complexity index is 336. The first kappa shape index (κ1) is 10.5. The van der Waals surface area contributed by atoms with Gasteiger partial charge in [-0.3, -0.25) is 4.79 Å². The predicted octanol–water partition coefficient (Wildman–Crippen LogP) is 1.69. The summed E-state index contributed by atoms with van der Waals surface area (Å²) in [6, 6.07) is 3.31. The van der Waals surface area contributed by atoms with Crippen LogP contribution in [0.5, 0.6) is 11.8 Å². The Hall–Kier alpha value is -1.58. The first-order chi connectivity index (χ1) is 6.72. The van der Waals surface area contributed by atoms with E-state index < -0.39 is 0 Å². The van der Waals surface area contributed by atoms with Gasteiger partial charge in [-0.1, -0.05) is 6.92 Å². The van der Waals surface area contributed by atoms with Crippen molar-refractivity contribution in [1.82, 2.24) is 4.98 Å². The standard InChI is InChI=1S/C10H13NO3/c1-4-8(12)7-5-6-9(13-2)11-10(7)14-3/h5-6H,4H2,1-3H3. The largest absolute Gasteiger partial charge is 0.481 e. The minimum absolute atomic E-state index is 0.0111. The highest BCUT2D eigenvalue weighted by molar-refractivity contribution is 5.97. The average molecular weight is 195 g/mol. The number of methoxy groups -OCH3 is 2. The normalized spacial score (nSPS) is 9.64. The molecule has 0 aromatic carbocycles. The molecule has 1 heterocycles. The highest BCUT2D eigenvalue weighted by Gasteiger charge is 2.12. The zero-order chi connectivity index (χ0) is 10.6. The van der Waals surface area contributed by atoms with E-state index in [2.05, 4.69) is 4.98 Å². The molecule has 0 aliphatic rings. The molecule has 0 unspecified atom stereocenters. The van der Waals surface area contributed by atoms with E-state index in [1.807, 2.05) is 0 Å². The monoisotopic (exact) mass is 195 g/mol. The number of aromatic nitrogens is 1. The molecule has 1 aromatic rings. The van der Waals surface area contributed by atoms with Gasteiger partial charge in [-0.2, -0.15) is 4.98 Å². The Balaban J connectivity index is 3.11. The zero-order valence-electron chi connectivity index (χ0n) is 8.53. The molecule has 0 aliphatic carbocycles. The lowest BCUT2D eigenvalue weighted by atomic mass is 10.1. The molecule has 4 nitrogen and oxygen atoms in total. The Morgan fingerprint density at radius 2 is 2.07 bits per heavy atom. The number of ether oxygens (including phenoxy) is 2. The number of pyridine rings is 1. The van der Waals surface area contributed by atoms with Crippen molar-refractivity contribution in [3.05, 3.63) is 17.7 Å². The van der Waals surface area contributed by atoms with Crippen molar-refractivity contribution in [2.24, 2.45) is 0 Å². The highest BCUT2D eigenvalue weighted by atomic mass is 16.5. The Kier molecular flexibility index (Phi) is 3.45. The molecule has 76 valence electrons. The fraction of sp³-hybridized carbons (Fsp3) is 0.400. The molecule has 0 saturated heterocycles. The number of Topliss-reactive ketones (excluding diaryl/α,β-unsaturated/α-hetero) is 1. The molecule has 4 heteroatoms. The molecule has 0 bridgehead atoms. The van der Waals surface area contributed by atoms with Gasteiger partial charge in [0.05, 0.1) is 19.8 Å². The molecule has 0 saturated carbocycles. The van der Waals surface area contributed by atoms with Crippen LogP contribution in [-0.4, -0.2) is 25.0 Å². The van der Waals surface area contributed by atoms with E-state index in [4.69, 9.17) is 9.47 Å². The summed E-state index contributed by atoms with van der Waals surface area (Å²) in [6.07, 6.45) is 0.435. The van der Waals surface area contributed by atoms with Gasteiger partial charge in [-0.25, -0.2) is 0 Å². The summed E-state index contributed by atoms with van der Waals surface area (Å²) >= 11 is 0. The maximum Gasteiger partial charge on any atom is 0.227 e. The molecule has 0 N–H and O–H groups in total. The summed E-state index contributed by atoms with van der Waals surface area (Å²) in [4.78, 5) is 15.4. The van der Waals surface area contributed by atoms with Gasteiger partial charge in [0.2, 0.25) is 11.8 Å². The number of carbonyl (C=O) groups is 1. The molecule has 1 rings (SSSR count). The molecule has 0 atom stereocenters. The molecule has 0 spiro atoms. The van der Waals surface area contributed by atoms with Gasteiger partial charge in [0.1, 0.15) is 0 Å². The summed E-state index contributed by atoms with van der Waals surface area (Å²) in [5, 5.41) is 0. The van der Waals surface area contributed by atoms with E-state index in [1.165, 1.54) is 14.2 Å². The number of carbonyl (C=O) groups excluding carboxylic acids is 1. The smallest absolute Gasteiger partial charge is 0.227 e. The van der Waals surface area contributed by atoms with Crippen LogP contribution in [0.4, 0.5) is 0 Å². The van der Waals surface area contributed by atoms with E-state index in [0.29, 0.717) is 23.7 Å². The van der Waals surface area contributed by atoms with Crippen LogP contribution in [0.15, 0.2) is 12.1 Å². The van der Waals surface area contributed by atoms with E-state index in [0.717, 1.165) is 0 Å². The fourth-order valence-electron chi connectivity index (χ4n) is 1.10. The molecule has 0 aliphatic heterocycles. The van der Waals surface area contributed by atoms with E-state index in [-0.39, 0.29) is 5.78 Å². The van der Waals surface area contributed by atoms with Gasteiger partial charge in [0, 0.05) is 12.5 Å². The topological polar surface area (TPSA) is 48.4 Å². The number of ketones is 1. The van der Waals surface area contributed by atoms with Crippen molar-refractivity contribution in [2.75, 3.05) is 14.2 Å². The van der Waals surface area contributed by atoms with Crippen molar-refractivity contribution >= 4 is 5.78 Å². The van der Waals surface area contributed by atoms with Crippen LogP contribution in [0.3, 0.4) is 0 Å². The molecule has 1 aromatic heterocycles. The Labute approximate surface area is 82.9 Å². The third kappa shape index (κ3) is 2.02. The first-order valence-corrected chi connectivity index (χ1v) is 4.35. The minimum Gasteiger partial charge on any atom is -0.481 e. The fourth-order valence-corrected chi connectivity index (χ4v) is 1.10. The van der Waals surface area contributed by atoms with Crippen LogP contribution in [0.2, 0.25) is 0 Å². The molecular formula is C10H13NO3. The zero-order valence-corrected chi connectivity index (χ0v) is 8.53. The van der Waals surface area contributed by atoms with Crippen LogP contribution < -0.4 is 9.47 Å². The summed E-state index contributed by atoms with van der Waals surface area (Å²) in [5.41, 5.74) is 0.496. The second kappa shape index (κ2) is 4.60. The lowest BCUT2D eigenvalue weighted by molar-refractivity contribution is 0.0984. The summed E-state index contributed by atoms with van der Waals surface area (Å²) in [7, 11) is 3.00. The van der Waals surface area contributed by atoms with E-state index in [1.54, 1.807) is 19.1 Å². The molecule has 0 amide bonds. The average Bonchev–Trinajstić information content (AvgIpc) is 2.27. The number of hydrogen-bond acceptors (Lipinski definition) is 4.